The predicted octanol–water partition coefficient (Wildman–Crippen LogP) is 5.99. The molecule has 5 heteroatoms. The van der Waals surface area contributed by atoms with Gasteiger partial charge in [-0.25, -0.2) is 0 Å². The molecular formula is C15H21ClF3N. The Morgan fingerprint density at radius 3 is 2.30 bits per heavy atom. The molecule has 0 bridgehead atoms. The molecule has 1 aromatic carbocycles. The molecule has 20 heavy (non-hydrogen) atoms. The van der Waals surface area contributed by atoms with E-state index in [1.807, 2.05) is 0 Å². The fourth-order valence-corrected chi connectivity index (χ4v) is 2.24. The predicted molar refractivity (Wildman–Crippen MR) is 78.2 cm³/mol. The molecule has 0 saturated carbocycles. The van der Waals surface area contributed by atoms with Crippen molar-refractivity contribution in [2.24, 2.45) is 5.92 Å². The molecule has 2 unspecified atom stereocenters. The average Bonchev–Trinajstić information content (AvgIpc) is 2.38. The van der Waals surface area contributed by atoms with E-state index in [4.69, 9.17) is 11.6 Å². The van der Waals surface area contributed by atoms with Crippen molar-refractivity contribution in [2.45, 2.75) is 52.3 Å². The number of anilines is 1. The molecule has 0 spiro atoms. The SMILES string of the molecule is CCC(C)CC(CC)Nc1ccc(C(F)(F)F)cc1Cl. The number of halogens is 4. The summed E-state index contributed by atoms with van der Waals surface area (Å²) in [6, 6.07) is 3.66. The van der Waals surface area contributed by atoms with Crippen LogP contribution < -0.4 is 5.32 Å². The van der Waals surface area contributed by atoms with E-state index in [1.54, 1.807) is 0 Å². The van der Waals surface area contributed by atoms with E-state index in [0.717, 1.165) is 31.4 Å². The summed E-state index contributed by atoms with van der Waals surface area (Å²) in [6.07, 6.45) is -1.39. The molecule has 0 heterocycles. The van der Waals surface area contributed by atoms with Crippen molar-refractivity contribution in [1.29, 1.82) is 0 Å². The van der Waals surface area contributed by atoms with E-state index >= 15 is 0 Å². The van der Waals surface area contributed by atoms with Crippen LogP contribution in [-0.2, 0) is 6.18 Å². The van der Waals surface area contributed by atoms with E-state index < -0.39 is 11.7 Å². The molecule has 0 amide bonds. The lowest BCUT2D eigenvalue weighted by Gasteiger charge is -2.22. The highest BCUT2D eigenvalue weighted by Gasteiger charge is 2.31. The first-order valence-electron chi connectivity index (χ1n) is 6.91. The van der Waals surface area contributed by atoms with Crippen molar-refractivity contribution in [3.63, 3.8) is 0 Å². The van der Waals surface area contributed by atoms with Crippen LogP contribution in [0.2, 0.25) is 5.02 Å². The molecule has 0 saturated heterocycles. The Kier molecular flexibility index (Phi) is 6.18. The summed E-state index contributed by atoms with van der Waals surface area (Å²) in [5, 5.41) is 3.35. The Hall–Kier alpha value is -0.900. The quantitative estimate of drug-likeness (QED) is 0.681. The van der Waals surface area contributed by atoms with E-state index in [0.29, 0.717) is 11.6 Å². The summed E-state index contributed by atoms with van der Waals surface area (Å²) in [5.74, 6) is 0.570. The van der Waals surface area contributed by atoms with E-state index in [-0.39, 0.29) is 11.1 Å². The number of hydrogen-bond donors (Lipinski definition) is 1. The van der Waals surface area contributed by atoms with Gasteiger partial charge >= 0.3 is 6.18 Å². The van der Waals surface area contributed by atoms with Crippen LogP contribution in [-0.4, -0.2) is 6.04 Å². The first-order chi connectivity index (χ1) is 9.27. The zero-order chi connectivity index (χ0) is 15.3. The van der Waals surface area contributed by atoms with Gasteiger partial charge < -0.3 is 5.32 Å². The third kappa shape index (κ3) is 4.89. The minimum absolute atomic E-state index is 0.113. The second-order valence-corrected chi connectivity index (χ2v) is 5.60. The normalized spacial score (nSPS) is 14.9. The molecular weight excluding hydrogens is 287 g/mol. The van der Waals surface area contributed by atoms with Gasteiger partial charge in [0, 0.05) is 6.04 Å². The number of benzene rings is 1. The Balaban J connectivity index is 2.81. The molecule has 1 N–H and O–H groups in total. The molecule has 0 aromatic heterocycles. The van der Waals surface area contributed by atoms with Crippen LogP contribution in [0.15, 0.2) is 18.2 Å². The zero-order valence-corrected chi connectivity index (χ0v) is 12.8. The number of hydrogen-bond acceptors (Lipinski definition) is 1. The Bertz CT molecular complexity index is 432. The monoisotopic (exact) mass is 307 g/mol. The summed E-state index contributed by atoms with van der Waals surface area (Å²) in [4.78, 5) is 0. The highest BCUT2D eigenvalue weighted by Crippen LogP contribution is 2.34. The van der Waals surface area contributed by atoms with Crippen LogP contribution in [0.1, 0.15) is 45.6 Å². The lowest BCUT2D eigenvalue weighted by atomic mass is 9.97. The highest BCUT2D eigenvalue weighted by atomic mass is 35.5. The van der Waals surface area contributed by atoms with Crippen LogP contribution >= 0.6 is 11.6 Å². The van der Waals surface area contributed by atoms with Crippen LogP contribution in [0.3, 0.4) is 0 Å². The molecule has 114 valence electrons. The maximum Gasteiger partial charge on any atom is 0.416 e. The van der Waals surface area contributed by atoms with Gasteiger partial charge in [-0.2, -0.15) is 13.2 Å². The second kappa shape index (κ2) is 7.21. The average molecular weight is 308 g/mol. The van der Waals surface area contributed by atoms with Gasteiger partial charge in [-0.3, -0.25) is 0 Å². The van der Waals surface area contributed by atoms with Crippen LogP contribution in [0.5, 0.6) is 0 Å². The van der Waals surface area contributed by atoms with Crippen LogP contribution in [0.4, 0.5) is 18.9 Å². The van der Waals surface area contributed by atoms with E-state index in [9.17, 15) is 13.2 Å². The molecule has 0 aliphatic heterocycles. The maximum atomic E-state index is 12.6. The fraction of sp³-hybridized carbons (Fsp3) is 0.600. The third-order valence-electron chi connectivity index (χ3n) is 3.53. The van der Waals surface area contributed by atoms with Crippen molar-refractivity contribution < 1.29 is 13.2 Å². The van der Waals surface area contributed by atoms with Crippen molar-refractivity contribution >= 4 is 17.3 Å². The number of alkyl halides is 3. The van der Waals surface area contributed by atoms with Crippen molar-refractivity contribution in [1.82, 2.24) is 0 Å². The molecule has 2 atom stereocenters. The minimum Gasteiger partial charge on any atom is -0.381 e. The second-order valence-electron chi connectivity index (χ2n) is 5.19. The highest BCUT2D eigenvalue weighted by molar-refractivity contribution is 6.33. The van der Waals surface area contributed by atoms with Gasteiger partial charge in [-0.05, 0) is 37.0 Å². The van der Waals surface area contributed by atoms with Crippen molar-refractivity contribution in [3.8, 4) is 0 Å². The van der Waals surface area contributed by atoms with Gasteiger partial charge in [0.15, 0.2) is 0 Å². The van der Waals surface area contributed by atoms with Crippen LogP contribution in [0.25, 0.3) is 0 Å². The first kappa shape index (κ1) is 17.2. The minimum atomic E-state index is -4.36. The van der Waals surface area contributed by atoms with Crippen LogP contribution in [0, 0.1) is 5.92 Å². The summed E-state index contributed by atoms with van der Waals surface area (Å²) >= 11 is 5.94. The third-order valence-corrected chi connectivity index (χ3v) is 3.85. The van der Waals surface area contributed by atoms with Gasteiger partial charge in [0.1, 0.15) is 0 Å². The molecule has 1 rings (SSSR count). The molecule has 0 aliphatic carbocycles. The summed E-state index contributed by atoms with van der Waals surface area (Å²) in [7, 11) is 0. The maximum absolute atomic E-state index is 12.6. The Morgan fingerprint density at radius 1 is 1.20 bits per heavy atom. The smallest absolute Gasteiger partial charge is 0.381 e. The molecule has 0 radical (unpaired) electrons. The largest absolute Gasteiger partial charge is 0.416 e. The summed E-state index contributed by atoms with van der Waals surface area (Å²) in [6.45, 7) is 6.35. The standard InChI is InChI=1S/C15H21ClF3N/c1-4-10(3)8-12(5-2)20-14-7-6-11(9-13(14)16)15(17,18)19/h6-7,9-10,12,20H,4-5,8H2,1-3H3. The van der Waals surface area contributed by atoms with Crippen molar-refractivity contribution in [2.75, 3.05) is 5.32 Å². The first-order valence-corrected chi connectivity index (χ1v) is 7.29. The fourth-order valence-electron chi connectivity index (χ4n) is 2.01. The van der Waals surface area contributed by atoms with Gasteiger partial charge in [-0.15, -0.1) is 0 Å². The van der Waals surface area contributed by atoms with Gasteiger partial charge in [-0.1, -0.05) is 38.8 Å². The molecule has 1 nitrogen and oxygen atoms in total. The lowest BCUT2D eigenvalue weighted by molar-refractivity contribution is -0.137. The lowest BCUT2D eigenvalue weighted by Crippen LogP contribution is -2.21. The van der Waals surface area contributed by atoms with Gasteiger partial charge in [0.05, 0.1) is 16.3 Å². The van der Waals surface area contributed by atoms with E-state index in [2.05, 4.69) is 26.1 Å². The summed E-state index contributed by atoms with van der Waals surface area (Å²) in [5.41, 5.74) is -0.155. The number of rotatable bonds is 6. The Morgan fingerprint density at radius 2 is 1.85 bits per heavy atom. The zero-order valence-electron chi connectivity index (χ0n) is 12.0. The molecule has 0 aliphatic rings. The Labute approximate surface area is 123 Å². The van der Waals surface area contributed by atoms with Crippen molar-refractivity contribution in [3.05, 3.63) is 28.8 Å². The molecule has 1 aromatic rings. The van der Waals surface area contributed by atoms with E-state index in [1.165, 1.54) is 6.07 Å². The summed E-state index contributed by atoms with van der Waals surface area (Å²) < 4.78 is 37.7. The van der Waals surface area contributed by atoms with Gasteiger partial charge in [0.2, 0.25) is 0 Å². The number of nitrogens with one attached hydrogen (secondary N) is 1. The molecule has 0 fully saturated rings. The van der Waals surface area contributed by atoms with Gasteiger partial charge in [0.25, 0.3) is 0 Å². The topological polar surface area (TPSA) is 12.0 Å².